The molecule has 2 atom stereocenters. The highest BCUT2D eigenvalue weighted by Gasteiger charge is 2.38. The molecule has 5 heteroatoms. The predicted molar refractivity (Wildman–Crippen MR) is 72.5 cm³/mol. The van der Waals surface area contributed by atoms with E-state index in [1.165, 1.54) is 19.3 Å². The van der Waals surface area contributed by atoms with Gasteiger partial charge in [-0.05, 0) is 18.3 Å². The number of hydrogen-bond acceptors (Lipinski definition) is 3. The molecule has 0 aliphatic heterocycles. The lowest BCUT2D eigenvalue weighted by atomic mass is 9.87. The van der Waals surface area contributed by atoms with E-state index in [0.717, 1.165) is 19.3 Å². The Bertz CT molecular complexity index is 289. The maximum atomic E-state index is 12.9. The molecule has 0 radical (unpaired) electrons. The average Bonchev–Trinajstić information content (AvgIpc) is 2.39. The molecule has 0 bridgehead atoms. The van der Waals surface area contributed by atoms with Gasteiger partial charge >= 0.3 is 5.97 Å². The highest BCUT2D eigenvalue weighted by atomic mass is 19.3. The fraction of sp³-hybridized carbons (Fsp3) is 0.933. The Balaban J connectivity index is 2.38. The topological polar surface area (TPSA) is 46.5 Å². The van der Waals surface area contributed by atoms with Crippen LogP contribution in [0.3, 0.4) is 0 Å². The monoisotopic (exact) mass is 292 g/mol. The van der Waals surface area contributed by atoms with Gasteiger partial charge in [0.25, 0.3) is 6.43 Å². The first-order chi connectivity index (χ1) is 9.43. The first-order valence-corrected chi connectivity index (χ1v) is 7.56. The van der Waals surface area contributed by atoms with E-state index in [-0.39, 0.29) is 6.61 Å². The van der Waals surface area contributed by atoms with Crippen molar-refractivity contribution in [2.45, 2.75) is 64.9 Å². The minimum Gasteiger partial charge on any atom is -0.465 e. The molecule has 0 aromatic heterocycles. The molecule has 2 unspecified atom stereocenters. The van der Waals surface area contributed by atoms with Gasteiger partial charge in [0.05, 0.1) is 12.7 Å². The summed E-state index contributed by atoms with van der Waals surface area (Å²) in [6.45, 7) is 3.39. The largest absolute Gasteiger partial charge is 0.465 e. The zero-order valence-electron chi connectivity index (χ0n) is 12.4. The second kappa shape index (κ2) is 8.55. The second-order valence-electron chi connectivity index (χ2n) is 6.06. The van der Waals surface area contributed by atoms with Crippen LogP contribution in [0.4, 0.5) is 8.78 Å². The average molecular weight is 292 g/mol. The fourth-order valence-corrected chi connectivity index (χ4v) is 2.70. The molecule has 1 aliphatic carbocycles. The maximum absolute atomic E-state index is 12.9. The van der Waals surface area contributed by atoms with Crippen molar-refractivity contribution in [3.05, 3.63) is 0 Å². The van der Waals surface area contributed by atoms with E-state index in [4.69, 9.17) is 4.74 Å². The molecule has 1 rings (SSSR count). The van der Waals surface area contributed by atoms with Gasteiger partial charge in [0.15, 0.2) is 0 Å². The molecule has 0 aromatic carbocycles. The number of aliphatic hydroxyl groups is 1. The first kappa shape index (κ1) is 17.3. The smallest absolute Gasteiger partial charge is 0.317 e. The van der Waals surface area contributed by atoms with Crippen LogP contribution in [0.15, 0.2) is 0 Å². The summed E-state index contributed by atoms with van der Waals surface area (Å²) in [7, 11) is 0. The zero-order valence-corrected chi connectivity index (χ0v) is 12.4. The van der Waals surface area contributed by atoms with Crippen molar-refractivity contribution in [3.63, 3.8) is 0 Å². The molecule has 1 N–H and O–H groups in total. The van der Waals surface area contributed by atoms with Crippen molar-refractivity contribution in [2.24, 2.45) is 17.8 Å². The minimum atomic E-state index is -2.89. The zero-order chi connectivity index (χ0) is 15.1. The van der Waals surface area contributed by atoms with Gasteiger partial charge in [0.1, 0.15) is 5.92 Å². The SMILES string of the molecule is CC(C)C(O)C(C(=O)OCCC1CCCCC1)C(F)F. The summed E-state index contributed by atoms with van der Waals surface area (Å²) in [5.74, 6) is -2.57. The number of aliphatic hydroxyl groups excluding tert-OH is 1. The Morgan fingerprint density at radius 1 is 1.25 bits per heavy atom. The Kier molecular flexibility index (Phi) is 7.41. The normalized spacial score (nSPS) is 20.1. The number of carbonyl (C=O) groups is 1. The standard InChI is InChI=1S/C15H26F2O3/c1-10(2)13(18)12(14(16)17)15(19)20-9-8-11-6-4-3-5-7-11/h10-14,18H,3-9H2,1-2H3. The van der Waals surface area contributed by atoms with Gasteiger partial charge in [-0.25, -0.2) is 8.78 Å². The quantitative estimate of drug-likeness (QED) is 0.732. The van der Waals surface area contributed by atoms with E-state index >= 15 is 0 Å². The van der Waals surface area contributed by atoms with Crippen LogP contribution in [-0.2, 0) is 9.53 Å². The minimum absolute atomic E-state index is 0.178. The molecule has 118 valence electrons. The molecule has 0 saturated heterocycles. The Hall–Kier alpha value is -0.710. The lowest BCUT2D eigenvalue weighted by molar-refractivity contribution is -0.162. The molecule has 20 heavy (non-hydrogen) atoms. The van der Waals surface area contributed by atoms with Crippen LogP contribution in [0.2, 0.25) is 0 Å². The molecule has 1 aliphatic rings. The summed E-state index contributed by atoms with van der Waals surface area (Å²) in [5, 5.41) is 9.69. The van der Waals surface area contributed by atoms with Crippen LogP contribution in [-0.4, -0.2) is 30.2 Å². The highest BCUT2D eigenvalue weighted by molar-refractivity contribution is 5.73. The van der Waals surface area contributed by atoms with Gasteiger partial charge in [-0.2, -0.15) is 0 Å². The summed E-state index contributed by atoms with van der Waals surface area (Å²) in [5.41, 5.74) is 0. The van der Waals surface area contributed by atoms with Crippen molar-refractivity contribution in [3.8, 4) is 0 Å². The van der Waals surface area contributed by atoms with E-state index in [9.17, 15) is 18.7 Å². The number of hydrogen-bond donors (Lipinski definition) is 1. The van der Waals surface area contributed by atoms with Crippen LogP contribution in [0.25, 0.3) is 0 Å². The van der Waals surface area contributed by atoms with Gasteiger partial charge in [-0.15, -0.1) is 0 Å². The summed E-state index contributed by atoms with van der Waals surface area (Å²) >= 11 is 0. The lowest BCUT2D eigenvalue weighted by Gasteiger charge is -2.25. The first-order valence-electron chi connectivity index (χ1n) is 7.56. The summed E-state index contributed by atoms with van der Waals surface area (Å²) in [6, 6.07) is 0. The van der Waals surface area contributed by atoms with Crippen molar-refractivity contribution in [1.29, 1.82) is 0 Å². The fourth-order valence-electron chi connectivity index (χ4n) is 2.70. The van der Waals surface area contributed by atoms with Gasteiger partial charge in [-0.1, -0.05) is 46.0 Å². The van der Waals surface area contributed by atoms with Gasteiger partial charge < -0.3 is 9.84 Å². The van der Waals surface area contributed by atoms with Gasteiger partial charge in [0, 0.05) is 0 Å². The van der Waals surface area contributed by atoms with Crippen LogP contribution < -0.4 is 0 Å². The van der Waals surface area contributed by atoms with E-state index in [1.807, 2.05) is 0 Å². The van der Waals surface area contributed by atoms with Crippen molar-refractivity contribution in [1.82, 2.24) is 0 Å². The number of carbonyl (C=O) groups excluding carboxylic acids is 1. The van der Waals surface area contributed by atoms with Gasteiger partial charge in [-0.3, -0.25) is 4.79 Å². The van der Waals surface area contributed by atoms with E-state index in [2.05, 4.69) is 0 Å². The van der Waals surface area contributed by atoms with Crippen molar-refractivity contribution >= 4 is 5.97 Å². The second-order valence-corrected chi connectivity index (χ2v) is 6.06. The molecule has 0 amide bonds. The van der Waals surface area contributed by atoms with E-state index < -0.39 is 30.3 Å². The third-order valence-corrected chi connectivity index (χ3v) is 4.09. The van der Waals surface area contributed by atoms with Crippen molar-refractivity contribution in [2.75, 3.05) is 6.61 Å². The molecule has 3 nitrogen and oxygen atoms in total. The predicted octanol–water partition coefficient (Wildman–Crippen LogP) is 3.40. The van der Waals surface area contributed by atoms with Crippen LogP contribution in [0, 0.1) is 17.8 Å². The number of alkyl halides is 2. The maximum Gasteiger partial charge on any atom is 0.317 e. The molecule has 0 aromatic rings. The molecule has 1 fully saturated rings. The molecular formula is C15H26F2O3. The summed E-state index contributed by atoms with van der Waals surface area (Å²) in [6.07, 6.45) is 2.39. The number of halogens is 2. The molecule has 1 saturated carbocycles. The van der Waals surface area contributed by atoms with Crippen molar-refractivity contribution < 1.29 is 23.4 Å². The highest BCUT2D eigenvalue weighted by Crippen LogP contribution is 2.27. The Morgan fingerprint density at radius 2 is 1.85 bits per heavy atom. The third kappa shape index (κ3) is 5.35. The summed E-state index contributed by atoms with van der Waals surface area (Å²) in [4.78, 5) is 11.7. The number of esters is 1. The van der Waals surface area contributed by atoms with Crippen LogP contribution >= 0.6 is 0 Å². The molecular weight excluding hydrogens is 266 g/mol. The molecule has 0 spiro atoms. The van der Waals surface area contributed by atoms with Crippen LogP contribution in [0.1, 0.15) is 52.4 Å². The Labute approximate surface area is 119 Å². The number of ether oxygens (including phenoxy) is 1. The summed E-state index contributed by atoms with van der Waals surface area (Å²) < 4.78 is 30.7. The molecule has 0 heterocycles. The van der Waals surface area contributed by atoms with Crippen LogP contribution in [0.5, 0.6) is 0 Å². The van der Waals surface area contributed by atoms with E-state index in [1.54, 1.807) is 13.8 Å². The number of rotatable bonds is 7. The lowest BCUT2D eigenvalue weighted by Crippen LogP contribution is -2.38. The van der Waals surface area contributed by atoms with E-state index in [0.29, 0.717) is 5.92 Å². The van der Waals surface area contributed by atoms with Gasteiger partial charge in [0.2, 0.25) is 0 Å². The third-order valence-electron chi connectivity index (χ3n) is 4.09. The Morgan fingerprint density at radius 3 is 2.35 bits per heavy atom.